The summed E-state index contributed by atoms with van der Waals surface area (Å²) in [6.45, 7) is 9.15. The Labute approximate surface area is 139 Å². The summed E-state index contributed by atoms with van der Waals surface area (Å²) < 4.78 is 19.7. The number of ether oxygens (including phenoxy) is 1. The number of nitrogens with zero attached hydrogens (tertiary/aromatic N) is 1. The van der Waals surface area contributed by atoms with E-state index in [4.69, 9.17) is 16.3 Å². The second-order valence-electron chi connectivity index (χ2n) is 5.67. The number of imide groups is 1. The van der Waals surface area contributed by atoms with Gasteiger partial charge < -0.3 is 4.74 Å². The molecule has 0 N–H and O–H groups in total. The van der Waals surface area contributed by atoms with Crippen LogP contribution in [-0.2, 0) is 9.59 Å². The summed E-state index contributed by atoms with van der Waals surface area (Å²) in [6.07, 6.45) is -0.0365. The highest BCUT2D eigenvalue weighted by Gasteiger charge is 2.37. The van der Waals surface area contributed by atoms with E-state index in [0.717, 1.165) is 22.1 Å². The fourth-order valence-corrected chi connectivity index (χ4v) is 2.39. The Morgan fingerprint density at radius 1 is 1.35 bits per heavy atom. The maximum atomic E-state index is 14.2. The number of halogens is 2. The third-order valence-electron chi connectivity index (χ3n) is 3.36. The van der Waals surface area contributed by atoms with Gasteiger partial charge in [0.1, 0.15) is 18.2 Å². The lowest BCUT2D eigenvalue weighted by Crippen LogP contribution is -2.30. The van der Waals surface area contributed by atoms with E-state index < -0.39 is 17.6 Å². The molecule has 0 saturated carbocycles. The number of allylic oxidation sites excluding steroid dienone is 1. The first-order valence-corrected chi connectivity index (χ1v) is 7.40. The van der Waals surface area contributed by atoms with Gasteiger partial charge in [0.15, 0.2) is 0 Å². The van der Waals surface area contributed by atoms with Gasteiger partial charge in [0.05, 0.1) is 17.1 Å². The molecule has 0 aliphatic carbocycles. The summed E-state index contributed by atoms with van der Waals surface area (Å²) in [4.78, 5) is 25.3. The molecule has 0 spiro atoms. The van der Waals surface area contributed by atoms with E-state index in [1.54, 1.807) is 20.8 Å². The highest BCUT2D eigenvalue weighted by molar-refractivity contribution is 6.32. The van der Waals surface area contributed by atoms with Crippen LogP contribution in [0.25, 0.3) is 0 Å². The van der Waals surface area contributed by atoms with E-state index in [1.807, 2.05) is 0 Å². The molecular formula is C17H17ClFNO3. The van der Waals surface area contributed by atoms with E-state index in [1.165, 1.54) is 6.07 Å². The predicted molar refractivity (Wildman–Crippen MR) is 87.2 cm³/mol. The number of benzene rings is 1. The van der Waals surface area contributed by atoms with Crippen LogP contribution in [0.2, 0.25) is 5.02 Å². The van der Waals surface area contributed by atoms with Crippen molar-refractivity contribution >= 4 is 29.1 Å². The standard InChI is InChI=1S/C17H17ClFNO3/c1-9(2)8-23-15-7-14(13(19)6-12(15)18)20-16(21)5-11(10(3)4)17(20)22/h6-7H,1,5,8H2,2-4H3. The smallest absolute Gasteiger partial charge is 0.261 e. The number of carbonyl (C=O) groups is 2. The highest BCUT2D eigenvalue weighted by Crippen LogP contribution is 2.36. The SMILES string of the molecule is C=C(C)COc1cc(N2C(=O)CC(=C(C)C)C2=O)c(F)cc1Cl. The number of hydrogen-bond donors (Lipinski definition) is 0. The zero-order valence-corrected chi connectivity index (χ0v) is 14.0. The van der Waals surface area contributed by atoms with Crippen LogP contribution in [0.5, 0.6) is 5.75 Å². The number of rotatable bonds is 4. The summed E-state index contributed by atoms with van der Waals surface area (Å²) in [6, 6.07) is 2.30. The van der Waals surface area contributed by atoms with Crippen LogP contribution in [-0.4, -0.2) is 18.4 Å². The lowest BCUT2D eigenvalue weighted by molar-refractivity contribution is -0.120. The second-order valence-corrected chi connectivity index (χ2v) is 6.08. The molecule has 1 heterocycles. The monoisotopic (exact) mass is 337 g/mol. The molecule has 4 nitrogen and oxygen atoms in total. The summed E-state index contributed by atoms with van der Waals surface area (Å²) in [5, 5.41) is 0.0639. The lowest BCUT2D eigenvalue weighted by atomic mass is 10.1. The van der Waals surface area contributed by atoms with E-state index in [-0.39, 0.29) is 29.5 Å². The number of hydrogen-bond acceptors (Lipinski definition) is 3. The number of amides is 2. The summed E-state index contributed by atoms with van der Waals surface area (Å²) in [7, 11) is 0. The number of carbonyl (C=O) groups excluding carboxylic acids is 2. The van der Waals surface area contributed by atoms with Crippen molar-refractivity contribution in [1.29, 1.82) is 0 Å². The van der Waals surface area contributed by atoms with Gasteiger partial charge in [0, 0.05) is 11.6 Å². The van der Waals surface area contributed by atoms with Crippen molar-refractivity contribution in [3.05, 3.63) is 46.3 Å². The molecule has 6 heteroatoms. The van der Waals surface area contributed by atoms with E-state index in [2.05, 4.69) is 6.58 Å². The Balaban J connectivity index is 2.45. The molecule has 0 unspecified atom stereocenters. The van der Waals surface area contributed by atoms with Crippen LogP contribution >= 0.6 is 11.6 Å². The van der Waals surface area contributed by atoms with E-state index in [0.29, 0.717) is 5.57 Å². The first-order chi connectivity index (χ1) is 10.7. The molecule has 0 radical (unpaired) electrons. The molecule has 0 bridgehead atoms. The minimum absolute atomic E-state index is 0.0365. The third kappa shape index (κ3) is 3.45. The van der Waals surface area contributed by atoms with Crippen molar-refractivity contribution in [2.24, 2.45) is 0 Å². The summed E-state index contributed by atoms with van der Waals surface area (Å²) >= 11 is 5.95. The predicted octanol–water partition coefficient (Wildman–Crippen LogP) is 4.03. The molecule has 122 valence electrons. The van der Waals surface area contributed by atoms with Crippen LogP contribution in [0.4, 0.5) is 10.1 Å². The normalized spacial score (nSPS) is 14.5. The van der Waals surface area contributed by atoms with Gasteiger partial charge in [-0.15, -0.1) is 0 Å². The Morgan fingerprint density at radius 2 is 2.00 bits per heavy atom. The first-order valence-electron chi connectivity index (χ1n) is 7.02. The topological polar surface area (TPSA) is 46.6 Å². The van der Waals surface area contributed by atoms with Crippen molar-refractivity contribution in [1.82, 2.24) is 0 Å². The average Bonchev–Trinajstić information content (AvgIpc) is 2.74. The Hall–Kier alpha value is -2.14. The molecule has 1 saturated heterocycles. The van der Waals surface area contributed by atoms with Crippen molar-refractivity contribution in [2.45, 2.75) is 27.2 Å². The van der Waals surface area contributed by atoms with Crippen LogP contribution in [0.15, 0.2) is 35.4 Å². The van der Waals surface area contributed by atoms with Crippen LogP contribution < -0.4 is 9.64 Å². The average molecular weight is 338 g/mol. The quantitative estimate of drug-likeness (QED) is 0.473. The molecule has 0 atom stereocenters. The van der Waals surface area contributed by atoms with Crippen molar-refractivity contribution in [2.75, 3.05) is 11.5 Å². The van der Waals surface area contributed by atoms with Crippen LogP contribution in [0.3, 0.4) is 0 Å². The van der Waals surface area contributed by atoms with E-state index >= 15 is 0 Å². The second kappa shape index (κ2) is 6.54. The molecule has 23 heavy (non-hydrogen) atoms. The third-order valence-corrected chi connectivity index (χ3v) is 3.65. The molecule has 1 fully saturated rings. The van der Waals surface area contributed by atoms with Crippen LogP contribution in [0, 0.1) is 5.82 Å². The van der Waals surface area contributed by atoms with Gasteiger partial charge >= 0.3 is 0 Å². The fourth-order valence-electron chi connectivity index (χ4n) is 2.19. The lowest BCUT2D eigenvalue weighted by Gasteiger charge is -2.17. The maximum absolute atomic E-state index is 14.2. The van der Waals surface area contributed by atoms with Crippen molar-refractivity contribution in [3.8, 4) is 5.75 Å². The minimum atomic E-state index is -0.755. The van der Waals surface area contributed by atoms with E-state index in [9.17, 15) is 14.0 Å². The Morgan fingerprint density at radius 3 is 2.52 bits per heavy atom. The Kier molecular flexibility index (Phi) is 4.90. The van der Waals surface area contributed by atoms with Gasteiger partial charge in [0.25, 0.3) is 5.91 Å². The Bertz CT molecular complexity index is 736. The van der Waals surface area contributed by atoms with Gasteiger partial charge in [-0.25, -0.2) is 9.29 Å². The molecule has 1 aromatic carbocycles. The van der Waals surface area contributed by atoms with Gasteiger partial charge in [-0.3, -0.25) is 9.59 Å². The zero-order valence-electron chi connectivity index (χ0n) is 13.2. The minimum Gasteiger partial charge on any atom is -0.488 e. The van der Waals surface area contributed by atoms with Crippen molar-refractivity contribution in [3.63, 3.8) is 0 Å². The van der Waals surface area contributed by atoms with Gasteiger partial charge in [-0.1, -0.05) is 23.8 Å². The molecule has 0 aromatic heterocycles. The molecular weight excluding hydrogens is 321 g/mol. The summed E-state index contributed by atoms with van der Waals surface area (Å²) in [5.74, 6) is -1.55. The van der Waals surface area contributed by atoms with Crippen LogP contribution in [0.1, 0.15) is 27.2 Å². The van der Waals surface area contributed by atoms with Crippen molar-refractivity contribution < 1.29 is 18.7 Å². The molecule has 1 aliphatic heterocycles. The molecule has 2 amide bonds. The number of anilines is 1. The highest BCUT2D eigenvalue weighted by atomic mass is 35.5. The fraction of sp³-hybridized carbons (Fsp3) is 0.294. The van der Waals surface area contributed by atoms with Gasteiger partial charge in [0.2, 0.25) is 5.91 Å². The van der Waals surface area contributed by atoms with Gasteiger partial charge in [-0.05, 0) is 32.4 Å². The molecule has 1 aliphatic rings. The largest absolute Gasteiger partial charge is 0.488 e. The molecule has 2 rings (SSSR count). The van der Waals surface area contributed by atoms with Gasteiger partial charge in [-0.2, -0.15) is 0 Å². The zero-order chi connectivity index (χ0) is 17.3. The maximum Gasteiger partial charge on any atom is 0.261 e. The first kappa shape index (κ1) is 17.2. The molecule has 1 aromatic rings. The summed E-state index contributed by atoms with van der Waals surface area (Å²) in [5.41, 5.74) is 1.72.